The smallest absolute Gasteiger partial charge is 0.257 e. The molecule has 1 aliphatic heterocycles. The van der Waals surface area contributed by atoms with Crippen LogP contribution in [0.3, 0.4) is 0 Å². The molecule has 0 aliphatic carbocycles. The highest BCUT2D eigenvalue weighted by Gasteiger charge is 2.28. The Hall–Kier alpha value is -1.29. The number of likely N-dealkylation sites (tertiary alicyclic amines) is 1. The first-order chi connectivity index (χ1) is 8.72. The molecule has 2 heterocycles. The van der Waals surface area contributed by atoms with E-state index in [0.29, 0.717) is 17.5 Å². The Morgan fingerprint density at radius 2 is 2.44 bits per heavy atom. The largest absolute Gasteiger partial charge is 0.472 e. The van der Waals surface area contributed by atoms with Crippen LogP contribution in [0.25, 0.3) is 0 Å². The molecule has 1 N–H and O–H groups in total. The Morgan fingerprint density at radius 1 is 1.61 bits per heavy atom. The predicted octanol–water partition coefficient (Wildman–Crippen LogP) is 2.13. The summed E-state index contributed by atoms with van der Waals surface area (Å²) in [5.74, 6) is 0.589. The summed E-state index contributed by atoms with van der Waals surface area (Å²) in [4.78, 5) is 14.1. The summed E-state index contributed by atoms with van der Waals surface area (Å²) in [6.07, 6.45) is 5.26. The third kappa shape index (κ3) is 2.93. The van der Waals surface area contributed by atoms with Crippen LogP contribution in [0.2, 0.25) is 0 Å². The van der Waals surface area contributed by atoms with Gasteiger partial charge in [0.2, 0.25) is 0 Å². The lowest BCUT2D eigenvalue weighted by molar-refractivity contribution is 0.0644. The standard InChI is InChI=1S/C14H22N2O2/c1-3-6-15-13-4-7-16(9-11(13)2)14(17)12-5-8-18-10-12/h5,8,10-11,13,15H,3-4,6-7,9H2,1-2H3. The fraction of sp³-hybridized carbons (Fsp3) is 0.643. The summed E-state index contributed by atoms with van der Waals surface area (Å²) >= 11 is 0. The van der Waals surface area contributed by atoms with Gasteiger partial charge in [0, 0.05) is 19.1 Å². The maximum atomic E-state index is 12.2. The van der Waals surface area contributed by atoms with Gasteiger partial charge in [-0.25, -0.2) is 0 Å². The van der Waals surface area contributed by atoms with E-state index in [9.17, 15) is 4.79 Å². The molecule has 4 heteroatoms. The van der Waals surface area contributed by atoms with Crippen molar-refractivity contribution < 1.29 is 9.21 Å². The Morgan fingerprint density at radius 3 is 3.06 bits per heavy atom. The summed E-state index contributed by atoms with van der Waals surface area (Å²) in [5.41, 5.74) is 0.655. The lowest BCUT2D eigenvalue weighted by atomic mass is 9.93. The zero-order valence-electron chi connectivity index (χ0n) is 11.2. The van der Waals surface area contributed by atoms with Crippen molar-refractivity contribution in [3.8, 4) is 0 Å². The molecule has 18 heavy (non-hydrogen) atoms. The molecule has 2 atom stereocenters. The summed E-state index contributed by atoms with van der Waals surface area (Å²) in [7, 11) is 0. The van der Waals surface area contributed by atoms with Crippen LogP contribution in [0.4, 0.5) is 0 Å². The number of amides is 1. The molecule has 1 fully saturated rings. The second kappa shape index (κ2) is 6.05. The number of furan rings is 1. The number of nitrogens with one attached hydrogen (secondary N) is 1. The van der Waals surface area contributed by atoms with Crippen LogP contribution >= 0.6 is 0 Å². The van der Waals surface area contributed by atoms with Gasteiger partial charge in [0.05, 0.1) is 11.8 Å². The molecular formula is C14H22N2O2. The van der Waals surface area contributed by atoms with Crippen molar-refractivity contribution in [3.63, 3.8) is 0 Å². The molecular weight excluding hydrogens is 228 g/mol. The van der Waals surface area contributed by atoms with Crippen LogP contribution < -0.4 is 5.32 Å². The summed E-state index contributed by atoms with van der Waals surface area (Å²) in [6, 6.07) is 2.27. The van der Waals surface area contributed by atoms with E-state index in [0.717, 1.165) is 32.5 Å². The first-order valence-electron chi connectivity index (χ1n) is 6.77. The normalized spacial score (nSPS) is 24.2. The average molecular weight is 250 g/mol. The third-order valence-electron chi connectivity index (χ3n) is 3.62. The molecule has 0 spiro atoms. The Labute approximate surface area is 108 Å². The minimum atomic E-state index is 0.0875. The van der Waals surface area contributed by atoms with Crippen LogP contribution in [-0.4, -0.2) is 36.5 Å². The van der Waals surface area contributed by atoms with E-state index in [1.807, 2.05) is 4.90 Å². The number of piperidine rings is 1. The predicted molar refractivity (Wildman–Crippen MR) is 70.5 cm³/mol. The fourth-order valence-corrected chi connectivity index (χ4v) is 2.53. The molecule has 0 aromatic carbocycles. The van der Waals surface area contributed by atoms with Crippen molar-refractivity contribution in [1.29, 1.82) is 0 Å². The van der Waals surface area contributed by atoms with Crippen LogP contribution in [-0.2, 0) is 0 Å². The Kier molecular flexibility index (Phi) is 4.42. The van der Waals surface area contributed by atoms with E-state index >= 15 is 0 Å². The first kappa shape index (κ1) is 13.1. The van der Waals surface area contributed by atoms with Gasteiger partial charge in [-0.1, -0.05) is 13.8 Å². The molecule has 0 saturated carbocycles. The molecule has 0 bridgehead atoms. The molecule has 1 saturated heterocycles. The topological polar surface area (TPSA) is 45.5 Å². The molecule has 1 aromatic rings. The van der Waals surface area contributed by atoms with Crippen molar-refractivity contribution in [2.75, 3.05) is 19.6 Å². The zero-order valence-corrected chi connectivity index (χ0v) is 11.2. The third-order valence-corrected chi connectivity index (χ3v) is 3.62. The van der Waals surface area contributed by atoms with Gasteiger partial charge in [-0.15, -0.1) is 0 Å². The summed E-state index contributed by atoms with van der Waals surface area (Å²) in [5, 5.41) is 3.56. The quantitative estimate of drug-likeness (QED) is 0.890. The van der Waals surface area contributed by atoms with Crippen molar-refractivity contribution >= 4 is 5.91 Å². The van der Waals surface area contributed by atoms with Gasteiger partial charge in [-0.05, 0) is 31.4 Å². The fourth-order valence-electron chi connectivity index (χ4n) is 2.53. The van der Waals surface area contributed by atoms with Gasteiger partial charge in [-0.2, -0.15) is 0 Å². The average Bonchev–Trinajstić information content (AvgIpc) is 2.90. The van der Waals surface area contributed by atoms with Crippen LogP contribution in [0, 0.1) is 5.92 Å². The van der Waals surface area contributed by atoms with Crippen LogP contribution in [0.1, 0.15) is 37.0 Å². The monoisotopic (exact) mass is 250 g/mol. The number of carbonyl (C=O) groups is 1. The van der Waals surface area contributed by atoms with E-state index in [1.54, 1.807) is 12.3 Å². The molecule has 4 nitrogen and oxygen atoms in total. The number of rotatable bonds is 4. The number of hydrogen-bond donors (Lipinski definition) is 1. The van der Waals surface area contributed by atoms with Crippen molar-refractivity contribution in [1.82, 2.24) is 10.2 Å². The summed E-state index contributed by atoms with van der Waals surface area (Å²) < 4.78 is 4.97. The lowest BCUT2D eigenvalue weighted by Crippen LogP contribution is -2.50. The van der Waals surface area contributed by atoms with Crippen LogP contribution in [0.5, 0.6) is 0 Å². The molecule has 2 rings (SSSR count). The molecule has 1 amide bonds. The van der Waals surface area contributed by atoms with Gasteiger partial charge in [0.25, 0.3) is 5.91 Å². The van der Waals surface area contributed by atoms with E-state index in [1.165, 1.54) is 6.26 Å². The molecule has 1 aromatic heterocycles. The minimum Gasteiger partial charge on any atom is -0.472 e. The van der Waals surface area contributed by atoms with Crippen molar-refractivity contribution in [3.05, 3.63) is 24.2 Å². The van der Waals surface area contributed by atoms with E-state index in [4.69, 9.17) is 4.42 Å². The van der Waals surface area contributed by atoms with E-state index in [-0.39, 0.29) is 5.91 Å². The van der Waals surface area contributed by atoms with Gasteiger partial charge in [0.1, 0.15) is 6.26 Å². The Bertz CT molecular complexity index is 375. The second-order valence-electron chi connectivity index (χ2n) is 5.09. The highest BCUT2D eigenvalue weighted by Crippen LogP contribution is 2.19. The van der Waals surface area contributed by atoms with E-state index < -0.39 is 0 Å². The highest BCUT2D eigenvalue weighted by atomic mass is 16.3. The van der Waals surface area contributed by atoms with Gasteiger partial charge < -0.3 is 14.6 Å². The maximum Gasteiger partial charge on any atom is 0.257 e. The van der Waals surface area contributed by atoms with Crippen molar-refractivity contribution in [2.45, 2.75) is 32.7 Å². The number of carbonyl (C=O) groups excluding carboxylic acids is 1. The van der Waals surface area contributed by atoms with E-state index in [2.05, 4.69) is 19.2 Å². The van der Waals surface area contributed by atoms with Crippen LogP contribution in [0.15, 0.2) is 23.0 Å². The summed E-state index contributed by atoms with van der Waals surface area (Å²) in [6.45, 7) is 7.10. The lowest BCUT2D eigenvalue weighted by Gasteiger charge is -2.37. The number of hydrogen-bond acceptors (Lipinski definition) is 3. The van der Waals surface area contributed by atoms with Gasteiger partial charge in [-0.3, -0.25) is 4.79 Å². The first-order valence-corrected chi connectivity index (χ1v) is 6.77. The molecule has 100 valence electrons. The van der Waals surface area contributed by atoms with Gasteiger partial charge in [0.15, 0.2) is 0 Å². The zero-order chi connectivity index (χ0) is 13.0. The van der Waals surface area contributed by atoms with Crippen molar-refractivity contribution in [2.24, 2.45) is 5.92 Å². The minimum absolute atomic E-state index is 0.0875. The molecule has 0 radical (unpaired) electrons. The SMILES string of the molecule is CCCNC1CCN(C(=O)c2ccoc2)CC1C. The second-order valence-corrected chi connectivity index (χ2v) is 5.09. The molecule has 2 unspecified atom stereocenters. The number of nitrogens with zero attached hydrogens (tertiary/aromatic N) is 1. The highest BCUT2D eigenvalue weighted by molar-refractivity contribution is 5.93. The molecule has 1 aliphatic rings. The Balaban J connectivity index is 1.90. The van der Waals surface area contributed by atoms with Gasteiger partial charge >= 0.3 is 0 Å². The maximum absolute atomic E-state index is 12.2.